The molecule has 34 heavy (non-hydrogen) atoms. The van der Waals surface area contributed by atoms with Gasteiger partial charge in [0.2, 0.25) is 5.91 Å². The number of nitrogens with two attached hydrogens (primary N) is 1. The van der Waals surface area contributed by atoms with Crippen LogP contribution in [0.2, 0.25) is 0 Å². The smallest absolute Gasteiger partial charge is 0.277 e. The maximum Gasteiger partial charge on any atom is 0.277 e. The zero-order valence-electron chi connectivity index (χ0n) is 19.0. The minimum Gasteiger partial charge on any atom is -0.497 e. The molecule has 0 bridgehead atoms. The summed E-state index contributed by atoms with van der Waals surface area (Å²) in [7, 11) is 1.57. The van der Waals surface area contributed by atoms with Crippen molar-refractivity contribution in [3.8, 4) is 11.4 Å². The van der Waals surface area contributed by atoms with Crippen molar-refractivity contribution in [1.82, 2.24) is 9.78 Å². The Bertz CT molecular complexity index is 1280. The van der Waals surface area contributed by atoms with Crippen LogP contribution in [0, 0.1) is 0 Å². The lowest BCUT2D eigenvalue weighted by Crippen LogP contribution is -2.39. The number of nitrogens with zero attached hydrogens (tertiary/aromatic N) is 4. The molecule has 1 saturated heterocycles. The van der Waals surface area contributed by atoms with E-state index in [1.54, 1.807) is 41.2 Å². The molecule has 1 atom stereocenters. The summed E-state index contributed by atoms with van der Waals surface area (Å²) in [5, 5.41) is 4.39. The fraction of sp³-hybridized carbons (Fsp3) is 0.280. The third kappa shape index (κ3) is 3.49. The summed E-state index contributed by atoms with van der Waals surface area (Å²) >= 11 is 0. The van der Waals surface area contributed by atoms with E-state index in [9.17, 15) is 14.4 Å². The molecular weight excluding hydrogens is 434 g/mol. The second-order valence-electron chi connectivity index (χ2n) is 8.52. The van der Waals surface area contributed by atoms with Crippen LogP contribution >= 0.6 is 0 Å². The van der Waals surface area contributed by atoms with Crippen LogP contribution in [0.25, 0.3) is 5.69 Å². The third-order valence-electron chi connectivity index (χ3n) is 6.49. The van der Waals surface area contributed by atoms with E-state index >= 15 is 0 Å². The Labute approximate surface area is 196 Å². The van der Waals surface area contributed by atoms with Gasteiger partial charge in [0.15, 0.2) is 5.69 Å². The van der Waals surface area contributed by atoms with Crippen molar-refractivity contribution in [2.24, 2.45) is 5.73 Å². The number of amides is 3. The molecule has 3 amide bonds. The third-order valence-corrected chi connectivity index (χ3v) is 6.49. The van der Waals surface area contributed by atoms with Crippen LogP contribution in [0.15, 0.2) is 48.5 Å². The summed E-state index contributed by atoms with van der Waals surface area (Å²) in [5.74, 6) is -0.158. The van der Waals surface area contributed by atoms with Gasteiger partial charge in [0, 0.05) is 35.9 Å². The lowest BCUT2D eigenvalue weighted by molar-refractivity contribution is -0.117. The standard InChI is InChI=1S/C25H25N5O4/c1-15-3-12-21(31)29(15)17-6-4-16(5-7-17)28-14-13-20-22(24(26)32)27-30(23(20)25(28)33)18-8-10-19(34-2)11-9-18/h4-11,15H,3,12-14H2,1-2H3,(H2,26,32). The maximum absolute atomic E-state index is 13.6. The monoisotopic (exact) mass is 459 g/mol. The van der Waals surface area contributed by atoms with Gasteiger partial charge in [-0.1, -0.05) is 0 Å². The van der Waals surface area contributed by atoms with Gasteiger partial charge in [-0.2, -0.15) is 5.10 Å². The number of benzene rings is 2. The molecular formula is C25H25N5O4. The molecule has 174 valence electrons. The van der Waals surface area contributed by atoms with Crippen LogP contribution in [-0.4, -0.2) is 47.2 Å². The largest absolute Gasteiger partial charge is 0.497 e. The van der Waals surface area contributed by atoms with E-state index < -0.39 is 5.91 Å². The molecule has 9 nitrogen and oxygen atoms in total. The number of hydrogen-bond acceptors (Lipinski definition) is 5. The minimum atomic E-state index is -0.668. The van der Waals surface area contributed by atoms with Gasteiger partial charge < -0.3 is 20.3 Å². The average Bonchev–Trinajstić information content (AvgIpc) is 3.40. The van der Waals surface area contributed by atoms with Gasteiger partial charge in [-0.15, -0.1) is 0 Å². The lowest BCUT2D eigenvalue weighted by atomic mass is 10.0. The first-order valence-corrected chi connectivity index (χ1v) is 11.2. The van der Waals surface area contributed by atoms with Crippen molar-refractivity contribution in [2.45, 2.75) is 32.2 Å². The molecule has 2 aromatic carbocycles. The van der Waals surface area contributed by atoms with Crippen LogP contribution in [-0.2, 0) is 11.2 Å². The predicted octanol–water partition coefficient (Wildman–Crippen LogP) is 2.70. The van der Waals surface area contributed by atoms with Crippen LogP contribution in [0.5, 0.6) is 5.75 Å². The molecule has 0 aliphatic carbocycles. The van der Waals surface area contributed by atoms with E-state index in [0.717, 1.165) is 12.1 Å². The zero-order chi connectivity index (χ0) is 24.0. The van der Waals surface area contributed by atoms with Gasteiger partial charge >= 0.3 is 0 Å². The van der Waals surface area contributed by atoms with Crippen molar-refractivity contribution >= 4 is 29.1 Å². The van der Waals surface area contributed by atoms with Gasteiger partial charge in [-0.3, -0.25) is 14.4 Å². The molecule has 1 unspecified atom stereocenters. The number of rotatable bonds is 5. The molecule has 0 saturated carbocycles. The molecule has 9 heteroatoms. The number of ether oxygens (including phenoxy) is 1. The van der Waals surface area contributed by atoms with E-state index in [-0.39, 0.29) is 23.6 Å². The first-order chi connectivity index (χ1) is 16.4. The Hall–Kier alpha value is -4.14. The van der Waals surface area contributed by atoms with Gasteiger partial charge in [-0.05, 0) is 68.3 Å². The van der Waals surface area contributed by atoms with E-state index in [0.29, 0.717) is 47.8 Å². The second kappa shape index (κ2) is 8.33. The number of fused-ring (bicyclic) bond motifs is 1. The molecule has 3 heterocycles. The summed E-state index contributed by atoms with van der Waals surface area (Å²) in [6, 6.07) is 14.7. The Kier molecular flexibility index (Phi) is 5.31. The molecule has 3 aromatic rings. The molecule has 1 fully saturated rings. The summed E-state index contributed by atoms with van der Waals surface area (Å²) in [6.07, 6.45) is 1.83. The highest BCUT2D eigenvalue weighted by Crippen LogP contribution is 2.32. The highest BCUT2D eigenvalue weighted by molar-refractivity contribution is 6.09. The van der Waals surface area contributed by atoms with Gasteiger partial charge in [0.05, 0.1) is 12.8 Å². The molecule has 1 aromatic heterocycles. The fourth-order valence-corrected chi connectivity index (χ4v) is 4.73. The van der Waals surface area contributed by atoms with Crippen molar-refractivity contribution in [2.75, 3.05) is 23.5 Å². The molecule has 0 spiro atoms. The number of anilines is 2. The number of aromatic nitrogens is 2. The minimum absolute atomic E-state index is 0.107. The van der Waals surface area contributed by atoms with Gasteiger partial charge in [0.1, 0.15) is 11.4 Å². The van der Waals surface area contributed by atoms with E-state index in [1.807, 2.05) is 31.2 Å². The maximum atomic E-state index is 13.6. The predicted molar refractivity (Wildman–Crippen MR) is 127 cm³/mol. The number of methoxy groups -OCH3 is 1. The van der Waals surface area contributed by atoms with Gasteiger partial charge in [-0.25, -0.2) is 4.68 Å². The quantitative estimate of drug-likeness (QED) is 0.631. The molecule has 2 aliphatic rings. The highest BCUT2D eigenvalue weighted by atomic mass is 16.5. The fourth-order valence-electron chi connectivity index (χ4n) is 4.73. The molecule has 5 rings (SSSR count). The number of primary amides is 1. The number of hydrogen-bond donors (Lipinski definition) is 1. The lowest BCUT2D eigenvalue weighted by Gasteiger charge is -2.28. The normalized spacial score (nSPS) is 17.8. The van der Waals surface area contributed by atoms with Crippen LogP contribution in [0.1, 0.15) is 46.3 Å². The molecule has 2 aliphatic heterocycles. The average molecular weight is 460 g/mol. The van der Waals surface area contributed by atoms with E-state index in [4.69, 9.17) is 10.5 Å². The van der Waals surface area contributed by atoms with Crippen LogP contribution in [0.3, 0.4) is 0 Å². The zero-order valence-corrected chi connectivity index (χ0v) is 19.0. The van der Waals surface area contributed by atoms with Gasteiger partial charge in [0.25, 0.3) is 11.8 Å². The first-order valence-electron chi connectivity index (χ1n) is 11.2. The Morgan fingerprint density at radius 3 is 2.24 bits per heavy atom. The summed E-state index contributed by atoms with van der Waals surface area (Å²) < 4.78 is 6.69. The topological polar surface area (TPSA) is 111 Å². The highest BCUT2D eigenvalue weighted by Gasteiger charge is 2.35. The van der Waals surface area contributed by atoms with Crippen molar-refractivity contribution in [3.63, 3.8) is 0 Å². The second-order valence-corrected chi connectivity index (χ2v) is 8.52. The van der Waals surface area contributed by atoms with Crippen molar-refractivity contribution < 1.29 is 19.1 Å². The van der Waals surface area contributed by atoms with Crippen LogP contribution < -0.4 is 20.3 Å². The van der Waals surface area contributed by atoms with Crippen molar-refractivity contribution in [3.05, 3.63) is 65.5 Å². The Morgan fingerprint density at radius 1 is 1.00 bits per heavy atom. The van der Waals surface area contributed by atoms with E-state index in [2.05, 4.69) is 5.10 Å². The Balaban J connectivity index is 1.50. The summed E-state index contributed by atoms with van der Waals surface area (Å²) in [4.78, 5) is 41.4. The van der Waals surface area contributed by atoms with E-state index in [1.165, 1.54) is 4.68 Å². The summed E-state index contributed by atoms with van der Waals surface area (Å²) in [5.41, 5.74) is 8.71. The molecule has 2 N–H and O–H groups in total. The Morgan fingerprint density at radius 2 is 1.65 bits per heavy atom. The van der Waals surface area contributed by atoms with Crippen LogP contribution in [0.4, 0.5) is 11.4 Å². The molecule has 0 radical (unpaired) electrons. The van der Waals surface area contributed by atoms with Crippen molar-refractivity contribution in [1.29, 1.82) is 0 Å². The summed E-state index contributed by atoms with van der Waals surface area (Å²) in [6.45, 7) is 2.42. The number of carbonyl (C=O) groups excluding carboxylic acids is 3. The first kappa shape index (κ1) is 21.7. The SMILES string of the molecule is COc1ccc(-n2nc(C(N)=O)c3c2C(=O)N(c2ccc(N4C(=O)CCC4C)cc2)CC3)cc1. The number of carbonyl (C=O) groups is 3.